The van der Waals surface area contributed by atoms with Crippen molar-refractivity contribution in [2.75, 3.05) is 14.2 Å². The molecule has 0 radical (unpaired) electrons. The van der Waals surface area contributed by atoms with Crippen LogP contribution >= 0.6 is 0 Å². The highest BCUT2D eigenvalue weighted by Crippen LogP contribution is 2.33. The molecule has 4 aromatic rings. The Hall–Kier alpha value is -3.34. The number of hydrogen-bond acceptors (Lipinski definition) is 2. The van der Waals surface area contributed by atoms with E-state index in [0.717, 1.165) is 34.6 Å². The minimum absolute atomic E-state index is 0.865. The van der Waals surface area contributed by atoms with E-state index in [4.69, 9.17) is 9.47 Å². The standard InChI is InChI=1S/C28H30N2O2/c1-5-29-20-12-10-18-26(29)24-16-8-9-17-25(24)28(31-3,32-4)30-21-13-11-19-27(30)23-15-7-6-14-22(23)2/h6-21H,5H2,1-4H3/q+2. The monoisotopic (exact) mass is 426 g/mol. The van der Waals surface area contributed by atoms with E-state index in [9.17, 15) is 0 Å². The SMILES string of the molecule is CC[n+]1ccccc1-c1ccccc1C(OC)(OC)[n+]1ccccc1-c1ccccc1C. The van der Waals surface area contributed by atoms with Gasteiger partial charge in [0, 0.05) is 44.0 Å². The first-order chi connectivity index (χ1) is 15.7. The van der Waals surface area contributed by atoms with E-state index in [-0.39, 0.29) is 0 Å². The summed E-state index contributed by atoms with van der Waals surface area (Å²) in [5.74, 6) is -1.16. The van der Waals surface area contributed by atoms with Crippen molar-refractivity contribution in [2.24, 2.45) is 0 Å². The zero-order valence-corrected chi connectivity index (χ0v) is 19.2. The van der Waals surface area contributed by atoms with Crippen molar-refractivity contribution in [1.82, 2.24) is 0 Å². The molecule has 0 saturated heterocycles. The number of ether oxygens (including phenoxy) is 2. The Morgan fingerprint density at radius 1 is 0.688 bits per heavy atom. The quantitative estimate of drug-likeness (QED) is 0.311. The van der Waals surface area contributed by atoms with E-state index >= 15 is 0 Å². The smallest absolute Gasteiger partial charge is 0.294 e. The van der Waals surface area contributed by atoms with Gasteiger partial charge in [0.1, 0.15) is 6.54 Å². The number of aromatic nitrogens is 2. The van der Waals surface area contributed by atoms with Crippen molar-refractivity contribution in [3.8, 4) is 22.5 Å². The van der Waals surface area contributed by atoms with Gasteiger partial charge < -0.3 is 0 Å². The Kier molecular flexibility index (Phi) is 6.45. The molecule has 2 aromatic heterocycles. The van der Waals surface area contributed by atoms with E-state index in [2.05, 4.69) is 95.9 Å². The van der Waals surface area contributed by atoms with Gasteiger partial charge in [-0.3, -0.25) is 9.47 Å². The predicted molar refractivity (Wildman–Crippen MR) is 126 cm³/mol. The summed E-state index contributed by atoms with van der Waals surface area (Å²) in [5.41, 5.74) is 6.44. The lowest BCUT2D eigenvalue weighted by Crippen LogP contribution is -2.61. The van der Waals surface area contributed by atoms with Crippen LogP contribution in [-0.2, 0) is 21.9 Å². The molecule has 2 aromatic carbocycles. The minimum atomic E-state index is -1.16. The van der Waals surface area contributed by atoms with Crippen molar-refractivity contribution in [3.05, 3.63) is 108 Å². The lowest BCUT2D eigenvalue weighted by molar-refractivity contribution is -0.833. The molecule has 0 bridgehead atoms. The van der Waals surface area contributed by atoms with Gasteiger partial charge in [0.25, 0.3) is 0 Å². The third kappa shape index (κ3) is 3.72. The van der Waals surface area contributed by atoms with Gasteiger partial charge >= 0.3 is 5.91 Å². The average molecular weight is 427 g/mol. The highest BCUT2D eigenvalue weighted by atomic mass is 16.7. The maximum Gasteiger partial charge on any atom is 0.420 e. The van der Waals surface area contributed by atoms with Crippen LogP contribution in [0.4, 0.5) is 0 Å². The first-order valence-corrected chi connectivity index (χ1v) is 10.9. The molecule has 0 unspecified atom stereocenters. The Balaban J connectivity index is 2.01. The van der Waals surface area contributed by atoms with E-state index in [1.807, 2.05) is 24.4 Å². The van der Waals surface area contributed by atoms with Crippen LogP contribution in [0.2, 0.25) is 0 Å². The second-order valence-corrected chi connectivity index (χ2v) is 7.68. The molecule has 0 N–H and O–H groups in total. The number of methoxy groups -OCH3 is 2. The number of pyridine rings is 2. The topological polar surface area (TPSA) is 26.2 Å². The van der Waals surface area contributed by atoms with Gasteiger partial charge in [0.2, 0.25) is 11.4 Å². The molecule has 0 atom stereocenters. The highest BCUT2D eigenvalue weighted by molar-refractivity contribution is 5.63. The van der Waals surface area contributed by atoms with Crippen LogP contribution in [0.15, 0.2) is 97.3 Å². The summed E-state index contributed by atoms with van der Waals surface area (Å²) in [6.45, 7) is 5.13. The first kappa shape index (κ1) is 21.9. The van der Waals surface area contributed by atoms with Crippen molar-refractivity contribution in [3.63, 3.8) is 0 Å². The van der Waals surface area contributed by atoms with E-state index in [0.29, 0.717) is 0 Å². The molecule has 0 amide bonds. The Morgan fingerprint density at radius 2 is 1.28 bits per heavy atom. The van der Waals surface area contributed by atoms with Gasteiger partial charge in [-0.15, -0.1) is 4.57 Å². The second-order valence-electron chi connectivity index (χ2n) is 7.68. The number of rotatable bonds is 7. The number of benzene rings is 2. The van der Waals surface area contributed by atoms with Crippen LogP contribution < -0.4 is 9.13 Å². The molecular formula is C28H30N2O2+2. The Bertz CT molecular complexity index is 1220. The molecule has 0 aliphatic rings. The van der Waals surface area contributed by atoms with Gasteiger partial charge in [0.15, 0.2) is 12.4 Å². The van der Waals surface area contributed by atoms with Crippen LogP contribution in [0, 0.1) is 6.92 Å². The molecule has 0 saturated carbocycles. The zero-order chi connectivity index (χ0) is 22.6. The molecule has 162 valence electrons. The van der Waals surface area contributed by atoms with Gasteiger partial charge in [-0.25, -0.2) is 0 Å². The Labute approximate surface area is 190 Å². The molecule has 4 nitrogen and oxygen atoms in total. The zero-order valence-electron chi connectivity index (χ0n) is 19.2. The Morgan fingerprint density at radius 3 is 1.97 bits per heavy atom. The van der Waals surface area contributed by atoms with Crippen molar-refractivity contribution in [1.29, 1.82) is 0 Å². The molecule has 0 fully saturated rings. The van der Waals surface area contributed by atoms with E-state index in [1.165, 1.54) is 5.56 Å². The molecule has 4 rings (SSSR count). The maximum absolute atomic E-state index is 6.23. The molecule has 0 spiro atoms. The van der Waals surface area contributed by atoms with Crippen LogP contribution in [0.25, 0.3) is 22.5 Å². The lowest BCUT2D eigenvalue weighted by Gasteiger charge is -2.28. The predicted octanol–water partition coefficient (Wildman–Crippen LogP) is 4.88. The van der Waals surface area contributed by atoms with Crippen molar-refractivity contribution in [2.45, 2.75) is 26.3 Å². The molecule has 0 aliphatic carbocycles. The third-order valence-corrected chi connectivity index (χ3v) is 5.98. The van der Waals surface area contributed by atoms with Crippen LogP contribution in [0.1, 0.15) is 18.1 Å². The fraction of sp³-hybridized carbons (Fsp3) is 0.214. The summed E-state index contributed by atoms with van der Waals surface area (Å²) < 4.78 is 16.8. The van der Waals surface area contributed by atoms with Gasteiger partial charge in [0.05, 0.1) is 11.1 Å². The van der Waals surface area contributed by atoms with Crippen LogP contribution in [-0.4, -0.2) is 14.2 Å². The van der Waals surface area contributed by atoms with E-state index in [1.54, 1.807) is 14.2 Å². The fourth-order valence-corrected chi connectivity index (χ4v) is 4.39. The molecular weight excluding hydrogens is 396 g/mol. The fourth-order valence-electron chi connectivity index (χ4n) is 4.39. The van der Waals surface area contributed by atoms with Crippen molar-refractivity contribution >= 4 is 0 Å². The molecule has 0 aliphatic heterocycles. The average Bonchev–Trinajstić information content (AvgIpc) is 2.86. The molecule has 32 heavy (non-hydrogen) atoms. The number of nitrogens with zero attached hydrogens (tertiary/aromatic N) is 2. The third-order valence-electron chi connectivity index (χ3n) is 5.98. The summed E-state index contributed by atoms with van der Waals surface area (Å²) in [5, 5.41) is 0. The molecule has 4 heteroatoms. The second kappa shape index (κ2) is 9.43. The summed E-state index contributed by atoms with van der Waals surface area (Å²) >= 11 is 0. The lowest BCUT2D eigenvalue weighted by atomic mass is 9.98. The largest absolute Gasteiger partial charge is 0.420 e. The van der Waals surface area contributed by atoms with Crippen LogP contribution in [0.5, 0.6) is 0 Å². The normalized spacial score (nSPS) is 11.5. The maximum atomic E-state index is 6.23. The molecule has 2 heterocycles. The number of hydrogen-bond donors (Lipinski definition) is 0. The summed E-state index contributed by atoms with van der Waals surface area (Å²) in [4.78, 5) is 0. The first-order valence-electron chi connectivity index (χ1n) is 10.9. The summed E-state index contributed by atoms with van der Waals surface area (Å²) in [6.07, 6.45) is 4.12. The summed E-state index contributed by atoms with van der Waals surface area (Å²) in [6, 6.07) is 29.1. The van der Waals surface area contributed by atoms with E-state index < -0.39 is 5.91 Å². The number of aryl methyl sites for hydroxylation is 2. The van der Waals surface area contributed by atoms with Gasteiger partial charge in [-0.2, -0.15) is 4.57 Å². The van der Waals surface area contributed by atoms with Crippen LogP contribution in [0.3, 0.4) is 0 Å². The van der Waals surface area contributed by atoms with Gasteiger partial charge in [-0.05, 0) is 49.7 Å². The van der Waals surface area contributed by atoms with Crippen molar-refractivity contribution < 1.29 is 18.6 Å². The summed E-state index contributed by atoms with van der Waals surface area (Å²) in [7, 11) is 3.39. The highest BCUT2D eigenvalue weighted by Gasteiger charge is 2.48. The van der Waals surface area contributed by atoms with Gasteiger partial charge in [-0.1, -0.05) is 30.3 Å². The minimum Gasteiger partial charge on any atom is -0.294 e.